The lowest BCUT2D eigenvalue weighted by Crippen LogP contribution is -2.57. The molecule has 0 bridgehead atoms. The lowest BCUT2D eigenvalue weighted by molar-refractivity contribution is -0.156. The predicted molar refractivity (Wildman–Crippen MR) is 91.6 cm³/mol. The van der Waals surface area contributed by atoms with Crippen molar-refractivity contribution in [1.29, 1.82) is 0 Å². The standard InChI is InChI=1S/C21H32O3/c1-19-8-7-17-15(16(19)5-6-18(19)22)4-3-14-11-20(12-24-20)9-10-21(14,17)13-23-2/h14-17H,3-13H2,1-2H3/t14-,15?,16-,17-,19-,20?,21?/m0/s1. The highest BCUT2D eigenvalue weighted by Gasteiger charge is 2.64. The summed E-state index contributed by atoms with van der Waals surface area (Å²) in [6.45, 7) is 4.20. The van der Waals surface area contributed by atoms with Gasteiger partial charge in [0.25, 0.3) is 0 Å². The van der Waals surface area contributed by atoms with E-state index in [9.17, 15) is 4.79 Å². The summed E-state index contributed by atoms with van der Waals surface area (Å²) in [6.07, 6.45) is 10.8. The van der Waals surface area contributed by atoms with Crippen molar-refractivity contribution in [2.75, 3.05) is 20.3 Å². The van der Waals surface area contributed by atoms with Crippen molar-refractivity contribution in [3.8, 4) is 0 Å². The smallest absolute Gasteiger partial charge is 0.139 e. The third-order valence-corrected chi connectivity index (χ3v) is 9.18. The molecule has 0 aromatic heterocycles. The maximum Gasteiger partial charge on any atom is 0.139 e. The van der Waals surface area contributed by atoms with Crippen molar-refractivity contribution in [2.45, 2.75) is 70.3 Å². The number of carbonyl (C=O) groups excluding carboxylic acids is 1. The van der Waals surface area contributed by atoms with Crippen LogP contribution in [0.1, 0.15) is 64.7 Å². The molecule has 4 aliphatic carbocycles. The highest BCUT2D eigenvalue weighted by Crippen LogP contribution is 2.67. The molecule has 1 saturated heterocycles. The van der Waals surface area contributed by atoms with Gasteiger partial charge < -0.3 is 9.47 Å². The fraction of sp³-hybridized carbons (Fsp3) is 0.952. The molecule has 3 heteroatoms. The fourth-order valence-corrected chi connectivity index (χ4v) is 7.80. The molecule has 1 aliphatic heterocycles. The van der Waals surface area contributed by atoms with Gasteiger partial charge in [0.15, 0.2) is 0 Å². The average molecular weight is 332 g/mol. The third-order valence-electron chi connectivity index (χ3n) is 9.18. The van der Waals surface area contributed by atoms with Crippen LogP contribution in [-0.2, 0) is 14.3 Å². The van der Waals surface area contributed by atoms with E-state index in [4.69, 9.17) is 9.47 Å². The zero-order valence-electron chi connectivity index (χ0n) is 15.3. The van der Waals surface area contributed by atoms with E-state index in [1.54, 1.807) is 0 Å². The summed E-state index contributed by atoms with van der Waals surface area (Å²) in [6, 6.07) is 0. The minimum absolute atomic E-state index is 0.00222. The normalized spacial score (nSPS) is 55.8. The Labute approximate surface area is 145 Å². The summed E-state index contributed by atoms with van der Waals surface area (Å²) in [7, 11) is 1.89. The molecule has 4 saturated carbocycles. The largest absolute Gasteiger partial charge is 0.384 e. The van der Waals surface area contributed by atoms with Gasteiger partial charge in [-0.3, -0.25) is 4.79 Å². The van der Waals surface area contributed by atoms with Gasteiger partial charge in [0.1, 0.15) is 5.78 Å². The molecule has 0 radical (unpaired) electrons. The Morgan fingerprint density at radius 2 is 1.96 bits per heavy atom. The van der Waals surface area contributed by atoms with Crippen LogP contribution in [-0.4, -0.2) is 31.7 Å². The topological polar surface area (TPSA) is 38.8 Å². The van der Waals surface area contributed by atoms with E-state index in [0.29, 0.717) is 17.1 Å². The molecular formula is C21H32O3. The number of carbonyl (C=O) groups is 1. The first-order valence-electron chi connectivity index (χ1n) is 10.2. The maximum absolute atomic E-state index is 12.5. The van der Waals surface area contributed by atoms with Crippen LogP contribution >= 0.6 is 0 Å². The average Bonchev–Trinajstić information content (AvgIpc) is 3.26. The molecule has 0 aromatic carbocycles. The Balaban J connectivity index is 1.48. The first-order chi connectivity index (χ1) is 11.5. The van der Waals surface area contributed by atoms with Gasteiger partial charge in [-0.15, -0.1) is 0 Å². The second-order valence-electron chi connectivity index (χ2n) is 9.91. The Kier molecular flexibility index (Phi) is 3.34. The fourth-order valence-electron chi connectivity index (χ4n) is 7.80. The number of methoxy groups -OCH3 is 1. The molecule has 0 aromatic rings. The Hall–Kier alpha value is -0.410. The quantitative estimate of drug-likeness (QED) is 0.718. The molecule has 5 aliphatic rings. The van der Waals surface area contributed by atoms with E-state index in [1.807, 2.05) is 7.11 Å². The van der Waals surface area contributed by atoms with Gasteiger partial charge in [0.2, 0.25) is 0 Å². The first-order valence-corrected chi connectivity index (χ1v) is 10.2. The van der Waals surface area contributed by atoms with Crippen molar-refractivity contribution in [3.05, 3.63) is 0 Å². The van der Waals surface area contributed by atoms with Crippen molar-refractivity contribution < 1.29 is 14.3 Å². The highest BCUT2D eigenvalue weighted by molar-refractivity contribution is 5.87. The third kappa shape index (κ3) is 1.95. The SMILES string of the molecule is COCC12CCC3(CO3)C[C@@H]1CCC1[C@@H]2CC[C@]2(C)C(=O)CC[C@@H]12. The molecule has 3 unspecified atom stereocenters. The number of fused-ring (bicyclic) bond motifs is 5. The monoisotopic (exact) mass is 332 g/mol. The second kappa shape index (κ2) is 5.07. The van der Waals surface area contributed by atoms with Crippen molar-refractivity contribution in [1.82, 2.24) is 0 Å². The number of ether oxygens (including phenoxy) is 2. The number of hydrogen-bond acceptors (Lipinski definition) is 3. The molecule has 5 fully saturated rings. The Morgan fingerprint density at radius 1 is 1.12 bits per heavy atom. The van der Waals surface area contributed by atoms with Crippen LogP contribution in [0.15, 0.2) is 0 Å². The summed E-state index contributed by atoms with van der Waals surface area (Å²) in [5, 5.41) is 0. The second-order valence-corrected chi connectivity index (χ2v) is 9.91. The van der Waals surface area contributed by atoms with E-state index in [0.717, 1.165) is 50.2 Å². The Bertz CT molecular complexity index is 553. The number of hydrogen-bond donors (Lipinski definition) is 0. The van der Waals surface area contributed by atoms with Gasteiger partial charge in [0.05, 0.1) is 18.8 Å². The zero-order valence-corrected chi connectivity index (χ0v) is 15.3. The van der Waals surface area contributed by atoms with Gasteiger partial charge >= 0.3 is 0 Å². The maximum atomic E-state index is 12.5. The number of Topliss-reactive ketones (excluding diaryl/α,β-unsaturated/α-hetero) is 1. The molecule has 0 amide bonds. The lowest BCUT2D eigenvalue weighted by atomic mass is 9.44. The van der Waals surface area contributed by atoms with Crippen LogP contribution in [0, 0.1) is 34.5 Å². The molecule has 5 rings (SSSR count). The summed E-state index contributed by atoms with van der Waals surface area (Å²) < 4.78 is 11.7. The van der Waals surface area contributed by atoms with Crippen LogP contribution in [0.25, 0.3) is 0 Å². The minimum atomic E-state index is -0.00222. The molecular weight excluding hydrogens is 300 g/mol. The molecule has 7 atom stereocenters. The van der Waals surface area contributed by atoms with E-state index < -0.39 is 0 Å². The molecule has 1 spiro atoms. The molecule has 3 nitrogen and oxygen atoms in total. The van der Waals surface area contributed by atoms with Gasteiger partial charge in [-0.2, -0.15) is 0 Å². The van der Waals surface area contributed by atoms with Crippen LogP contribution < -0.4 is 0 Å². The van der Waals surface area contributed by atoms with Gasteiger partial charge in [0, 0.05) is 18.9 Å². The summed E-state index contributed by atoms with van der Waals surface area (Å²) >= 11 is 0. The first kappa shape index (κ1) is 15.8. The highest BCUT2D eigenvalue weighted by atomic mass is 16.6. The van der Waals surface area contributed by atoms with E-state index in [1.165, 1.54) is 38.5 Å². The summed E-state index contributed by atoms with van der Waals surface area (Å²) in [5.41, 5.74) is 0.612. The molecule has 24 heavy (non-hydrogen) atoms. The molecule has 134 valence electrons. The van der Waals surface area contributed by atoms with Crippen LogP contribution in [0.2, 0.25) is 0 Å². The molecule has 0 N–H and O–H groups in total. The van der Waals surface area contributed by atoms with Crippen LogP contribution in [0.5, 0.6) is 0 Å². The van der Waals surface area contributed by atoms with Gasteiger partial charge in [-0.05, 0) is 80.5 Å². The number of epoxide rings is 1. The van der Waals surface area contributed by atoms with E-state index in [-0.39, 0.29) is 11.0 Å². The van der Waals surface area contributed by atoms with Crippen molar-refractivity contribution in [2.24, 2.45) is 34.5 Å². The Morgan fingerprint density at radius 3 is 2.71 bits per heavy atom. The minimum Gasteiger partial charge on any atom is -0.384 e. The number of ketones is 1. The molecule has 1 heterocycles. The van der Waals surface area contributed by atoms with Crippen molar-refractivity contribution >= 4 is 5.78 Å². The summed E-state index contributed by atoms with van der Waals surface area (Å²) in [4.78, 5) is 12.5. The number of rotatable bonds is 2. The van der Waals surface area contributed by atoms with Crippen LogP contribution in [0.4, 0.5) is 0 Å². The summed E-state index contributed by atoms with van der Waals surface area (Å²) in [5.74, 6) is 3.51. The van der Waals surface area contributed by atoms with Gasteiger partial charge in [-0.1, -0.05) is 6.92 Å². The van der Waals surface area contributed by atoms with Gasteiger partial charge in [-0.25, -0.2) is 0 Å². The van der Waals surface area contributed by atoms with E-state index >= 15 is 0 Å². The lowest BCUT2D eigenvalue weighted by Gasteiger charge is -2.61. The van der Waals surface area contributed by atoms with E-state index in [2.05, 4.69) is 6.92 Å². The predicted octanol–water partition coefficient (Wildman–Crippen LogP) is 3.99. The zero-order chi connectivity index (χ0) is 16.6. The van der Waals surface area contributed by atoms with Crippen molar-refractivity contribution in [3.63, 3.8) is 0 Å². The van der Waals surface area contributed by atoms with Crippen LogP contribution in [0.3, 0.4) is 0 Å².